The van der Waals surface area contributed by atoms with Gasteiger partial charge in [-0.3, -0.25) is 4.79 Å². The Morgan fingerprint density at radius 3 is 2.48 bits per heavy atom. The number of rotatable bonds is 6. The number of halogens is 1. The minimum atomic E-state index is -0.623. The lowest BCUT2D eigenvalue weighted by Gasteiger charge is -2.18. The summed E-state index contributed by atoms with van der Waals surface area (Å²) in [6, 6.07) is 21.5. The molecule has 0 saturated carbocycles. The van der Waals surface area contributed by atoms with Gasteiger partial charge >= 0.3 is 0 Å². The Labute approximate surface area is 175 Å². The lowest BCUT2D eigenvalue weighted by atomic mass is 10.1. The Morgan fingerprint density at radius 2 is 1.72 bits per heavy atom. The minimum Gasteiger partial charge on any atom is -0.479 e. The van der Waals surface area contributed by atoms with Crippen molar-refractivity contribution in [1.82, 2.24) is 4.57 Å². The number of ether oxygens (including phenoxy) is 1. The van der Waals surface area contributed by atoms with Crippen LogP contribution in [0, 0.1) is 0 Å². The SMILES string of the molecule is CCC(Oc1ccccc1Cl)C(=O)Nc1ccc2c(c1)c1ccccc1n2CC. The zero-order valence-corrected chi connectivity index (χ0v) is 17.2. The predicted octanol–water partition coefficient (Wildman–Crippen LogP) is 6.26. The standard InChI is InChI=1S/C24H23ClN2O2/c1-3-22(29-23-12-8-6-10-19(23)25)24(28)26-16-13-14-21-18(15-16)17-9-5-7-11-20(17)27(21)4-2/h5-15,22H,3-4H2,1-2H3,(H,26,28). The molecule has 29 heavy (non-hydrogen) atoms. The number of amides is 1. The number of hydrogen-bond donors (Lipinski definition) is 1. The Hall–Kier alpha value is -2.98. The molecule has 1 amide bonds. The molecule has 5 heteroatoms. The fraction of sp³-hybridized carbons (Fsp3) is 0.208. The second-order valence-corrected chi connectivity index (χ2v) is 7.33. The summed E-state index contributed by atoms with van der Waals surface area (Å²) in [5.41, 5.74) is 3.11. The lowest BCUT2D eigenvalue weighted by molar-refractivity contribution is -0.122. The van der Waals surface area contributed by atoms with E-state index in [0.29, 0.717) is 17.2 Å². The topological polar surface area (TPSA) is 43.3 Å². The maximum absolute atomic E-state index is 12.8. The van der Waals surface area contributed by atoms with Crippen LogP contribution in [0.1, 0.15) is 20.3 Å². The third kappa shape index (κ3) is 3.68. The molecular formula is C24H23ClN2O2. The van der Waals surface area contributed by atoms with Gasteiger partial charge in [0.05, 0.1) is 5.02 Å². The number of aryl methyl sites for hydroxylation is 1. The number of hydrogen-bond acceptors (Lipinski definition) is 2. The quantitative estimate of drug-likeness (QED) is 0.410. The monoisotopic (exact) mass is 406 g/mol. The predicted molar refractivity (Wildman–Crippen MR) is 120 cm³/mol. The molecule has 0 bridgehead atoms. The Kier molecular flexibility index (Phi) is 5.45. The van der Waals surface area contributed by atoms with Crippen LogP contribution in [0.3, 0.4) is 0 Å². The maximum atomic E-state index is 12.8. The van der Waals surface area contributed by atoms with Gasteiger partial charge in [0.25, 0.3) is 5.91 Å². The fourth-order valence-corrected chi connectivity index (χ4v) is 3.89. The van der Waals surface area contributed by atoms with E-state index in [4.69, 9.17) is 16.3 Å². The van der Waals surface area contributed by atoms with Crippen LogP contribution in [0.5, 0.6) is 5.75 Å². The Bertz CT molecular complexity index is 1180. The largest absolute Gasteiger partial charge is 0.479 e. The third-order valence-electron chi connectivity index (χ3n) is 5.13. The zero-order valence-electron chi connectivity index (χ0n) is 16.5. The van der Waals surface area contributed by atoms with Crippen LogP contribution < -0.4 is 10.1 Å². The number of para-hydroxylation sites is 2. The second kappa shape index (κ2) is 8.18. The molecule has 1 heterocycles. The van der Waals surface area contributed by atoms with Crippen molar-refractivity contribution in [2.45, 2.75) is 32.9 Å². The molecule has 0 aliphatic carbocycles. The number of carbonyl (C=O) groups is 1. The first-order chi connectivity index (χ1) is 14.1. The summed E-state index contributed by atoms with van der Waals surface area (Å²) in [6.07, 6.45) is -0.0865. The molecule has 4 aromatic rings. The van der Waals surface area contributed by atoms with Gasteiger partial charge in [0.2, 0.25) is 0 Å². The number of fused-ring (bicyclic) bond motifs is 3. The van der Waals surface area contributed by atoms with Crippen LogP contribution in [-0.2, 0) is 11.3 Å². The molecule has 0 spiro atoms. The average Bonchev–Trinajstić information content (AvgIpc) is 3.06. The van der Waals surface area contributed by atoms with Crippen molar-refractivity contribution in [3.63, 3.8) is 0 Å². The highest BCUT2D eigenvalue weighted by molar-refractivity contribution is 6.32. The molecule has 1 aromatic heterocycles. The number of nitrogens with zero attached hydrogens (tertiary/aromatic N) is 1. The minimum absolute atomic E-state index is 0.189. The summed E-state index contributed by atoms with van der Waals surface area (Å²) in [5.74, 6) is 0.323. The van der Waals surface area contributed by atoms with Crippen LogP contribution in [-0.4, -0.2) is 16.6 Å². The van der Waals surface area contributed by atoms with Gasteiger partial charge in [-0.25, -0.2) is 0 Å². The van der Waals surface area contributed by atoms with Gasteiger partial charge < -0.3 is 14.6 Å². The highest BCUT2D eigenvalue weighted by Gasteiger charge is 2.20. The molecule has 3 aromatic carbocycles. The summed E-state index contributed by atoms with van der Waals surface area (Å²) in [7, 11) is 0. The Morgan fingerprint density at radius 1 is 1.00 bits per heavy atom. The number of aromatic nitrogens is 1. The van der Waals surface area contributed by atoms with Gasteiger partial charge in [0.15, 0.2) is 6.10 Å². The molecule has 0 radical (unpaired) electrons. The van der Waals surface area contributed by atoms with E-state index in [1.165, 1.54) is 10.9 Å². The molecule has 1 atom stereocenters. The first-order valence-corrected chi connectivity index (χ1v) is 10.2. The fourth-order valence-electron chi connectivity index (χ4n) is 3.71. The van der Waals surface area contributed by atoms with Crippen LogP contribution >= 0.6 is 11.6 Å². The van der Waals surface area contributed by atoms with Crippen molar-refractivity contribution in [1.29, 1.82) is 0 Å². The summed E-state index contributed by atoms with van der Waals surface area (Å²) in [4.78, 5) is 12.8. The molecule has 148 valence electrons. The number of nitrogens with one attached hydrogen (secondary N) is 1. The van der Waals surface area contributed by atoms with Crippen LogP contribution in [0.15, 0.2) is 66.7 Å². The van der Waals surface area contributed by atoms with Crippen molar-refractivity contribution in [2.75, 3.05) is 5.32 Å². The summed E-state index contributed by atoms with van der Waals surface area (Å²) in [6.45, 7) is 4.94. The highest BCUT2D eigenvalue weighted by atomic mass is 35.5. The summed E-state index contributed by atoms with van der Waals surface area (Å²) < 4.78 is 8.14. The van der Waals surface area contributed by atoms with Gasteiger partial charge in [-0.05, 0) is 49.7 Å². The van der Waals surface area contributed by atoms with E-state index < -0.39 is 6.10 Å². The van der Waals surface area contributed by atoms with Crippen molar-refractivity contribution in [3.8, 4) is 5.75 Å². The average molecular weight is 407 g/mol. The first kappa shape index (κ1) is 19.3. The highest BCUT2D eigenvalue weighted by Crippen LogP contribution is 2.31. The second-order valence-electron chi connectivity index (χ2n) is 6.93. The molecule has 0 aliphatic heterocycles. The molecule has 1 unspecified atom stereocenters. The normalized spacial score (nSPS) is 12.2. The number of anilines is 1. The van der Waals surface area contributed by atoms with Crippen LogP contribution in [0.4, 0.5) is 5.69 Å². The van der Waals surface area contributed by atoms with Crippen molar-refractivity contribution < 1.29 is 9.53 Å². The van der Waals surface area contributed by atoms with Crippen molar-refractivity contribution in [3.05, 3.63) is 71.8 Å². The molecule has 0 aliphatic rings. The van der Waals surface area contributed by atoms with Gasteiger partial charge in [0, 0.05) is 34.0 Å². The van der Waals surface area contributed by atoms with Gasteiger partial charge in [0.1, 0.15) is 5.75 Å². The van der Waals surface area contributed by atoms with E-state index in [-0.39, 0.29) is 5.91 Å². The Balaban J connectivity index is 1.62. The molecule has 4 rings (SSSR count). The van der Waals surface area contributed by atoms with E-state index >= 15 is 0 Å². The lowest BCUT2D eigenvalue weighted by Crippen LogP contribution is -2.32. The molecule has 1 N–H and O–H groups in total. The van der Waals surface area contributed by atoms with E-state index in [1.807, 2.05) is 43.3 Å². The van der Waals surface area contributed by atoms with Gasteiger partial charge in [-0.15, -0.1) is 0 Å². The van der Waals surface area contributed by atoms with Crippen LogP contribution in [0.25, 0.3) is 21.8 Å². The number of benzene rings is 3. The maximum Gasteiger partial charge on any atom is 0.265 e. The van der Waals surface area contributed by atoms with E-state index in [2.05, 4.69) is 35.0 Å². The summed E-state index contributed by atoms with van der Waals surface area (Å²) in [5, 5.41) is 5.80. The zero-order chi connectivity index (χ0) is 20.4. The van der Waals surface area contributed by atoms with Crippen molar-refractivity contribution >= 4 is 45.0 Å². The molecule has 4 nitrogen and oxygen atoms in total. The van der Waals surface area contributed by atoms with Gasteiger partial charge in [-0.2, -0.15) is 0 Å². The van der Waals surface area contributed by atoms with E-state index in [0.717, 1.165) is 23.1 Å². The molecular weight excluding hydrogens is 384 g/mol. The van der Waals surface area contributed by atoms with E-state index in [1.54, 1.807) is 12.1 Å². The smallest absolute Gasteiger partial charge is 0.265 e. The number of carbonyl (C=O) groups excluding carboxylic acids is 1. The molecule has 0 fully saturated rings. The first-order valence-electron chi connectivity index (χ1n) is 9.85. The van der Waals surface area contributed by atoms with E-state index in [9.17, 15) is 4.79 Å². The van der Waals surface area contributed by atoms with Crippen LogP contribution in [0.2, 0.25) is 5.02 Å². The molecule has 0 saturated heterocycles. The summed E-state index contributed by atoms with van der Waals surface area (Å²) >= 11 is 6.17. The third-order valence-corrected chi connectivity index (χ3v) is 5.44. The van der Waals surface area contributed by atoms with Gasteiger partial charge in [-0.1, -0.05) is 48.9 Å². The van der Waals surface area contributed by atoms with Crippen molar-refractivity contribution in [2.24, 2.45) is 0 Å².